The normalized spacial score (nSPS) is 16.6. The van der Waals surface area contributed by atoms with Gasteiger partial charge in [-0.25, -0.2) is 4.98 Å². The predicted molar refractivity (Wildman–Crippen MR) is 82.9 cm³/mol. The van der Waals surface area contributed by atoms with E-state index >= 15 is 0 Å². The lowest BCUT2D eigenvalue weighted by atomic mass is 10.2. The summed E-state index contributed by atoms with van der Waals surface area (Å²) in [5.74, 6) is -0.0250. The average molecular weight is 341 g/mol. The van der Waals surface area contributed by atoms with E-state index in [0.717, 1.165) is 25.0 Å². The van der Waals surface area contributed by atoms with E-state index in [4.69, 9.17) is 0 Å². The molecule has 1 saturated heterocycles. The molecule has 9 heteroatoms. The highest BCUT2D eigenvalue weighted by Gasteiger charge is 2.34. The maximum atomic E-state index is 12.7. The van der Waals surface area contributed by atoms with Crippen LogP contribution in [0.4, 0.5) is 18.9 Å². The minimum Gasteiger partial charge on any atom is -0.368 e. The van der Waals surface area contributed by atoms with Crippen molar-refractivity contribution in [3.8, 4) is 0 Å². The Morgan fingerprint density at radius 2 is 1.92 bits per heavy atom. The van der Waals surface area contributed by atoms with Crippen molar-refractivity contribution in [2.24, 2.45) is 0 Å². The van der Waals surface area contributed by atoms with Crippen molar-refractivity contribution in [2.75, 3.05) is 44.7 Å². The maximum Gasteiger partial charge on any atom is 0.434 e. The number of carbonyl (C=O) groups excluding carboxylic acids is 1. The van der Waals surface area contributed by atoms with E-state index in [-0.39, 0.29) is 11.6 Å². The van der Waals surface area contributed by atoms with Gasteiger partial charge >= 0.3 is 6.18 Å². The van der Waals surface area contributed by atoms with Crippen LogP contribution in [0.25, 0.3) is 5.65 Å². The number of alkyl halides is 3. The van der Waals surface area contributed by atoms with Crippen LogP contribution in [0.5, 0.6) is 0 Å². The van der Waals surface area contributed by atoms with Gasteiger partial charge in [0.25, 0.3) is 0 Å². The topological polar surface area (TPSA) is 52.9 Å². The number of halogens is 3. The van der Waals surface area contributed by atoms with Crippen LogP contribution < -0.4 is 10.2 Å². The van der Waals surface area contributed by atoms with Crippen molar-refractivity contribution < 1.29 is 18.0 Å². The van der Waals surface area contributed by atoms with Gasteiger partial charge in [-0.3, -0.25) is 9.69 Å². The van der Waals surface area contributed by atoms with Crippen LogP contribution in [0.15, 0.2) is 24.5 Å². The molecule has 1 aliphatic heterocycles. The largest absolute Gasteiger partial charge is 0.434 e. The van der Waals surface area contributed by atoms with Crippen LogP contribution in [0.1, 0.15) is 5.69 Å². The molecule has 3 heterocycles. The van der Waals surface area contributed by atoms with Gasteiger partial charge in [0.1, 0.15) is 5.65 Å². The van der Waals surface area contributed by atoms with Crippen LogP contribution in [-0.4, -0.2) is 60.0 Å². The molecule has 0 aromatic carbocycles. The fraction of sp³-hybridized carbons (Fsp3) is 0.467. The molecule has 24 heavy (non-hydrogen) atoms. The number of pyridine rings is 1. The van der Waals surface area contributed by atoms with E-state index in [1.54, 1.807) is 25.4 Å². The number of carbonyl (C=O) groups is 1. The van der Waals surface area contributed by atoms with Crippen molar-refractivity contribution in [1.82, 2.24) is 19.6 Å². The van der Waals surface area contributed by atoms with Crippen LogP contribution in [-0.2, 0) is 11.0 Å². The Bertz CT molecular complexity index is 734. The number of piperazine rings is 1. The van der Waals surface area contributed by atoms with Crippen LogP contribution in [0.3, 0.4) is 0 Å². The Kier molecular flexibility index (Phi) is 4.35. The fourth-order valence-electron chi connectivity index (χ4n) is 2.75. The third kappa shape index (κ3) is 3.45. The second-order valence-electron chi connectivity index (χ2n) is 5.71. The van der Waals surface area contributed by atoms with E-state index < -0.39 is 11.9 Å². The number of rotatable bonds is 3. The van der Waals surface area contributed by atoms with E-state index in [0.29, 0.717) is 19.6 Å². The molecule has 1 fully saturated rings. The number of amides is 1. The lowest BCUT2D eigenvalue weighted by molar-refractivity contribution is -0.140. The highest BCUT2D eigenvalue weighted by Crippen LogP contribution is 2.29. The first kappa shape index (κ1) is 16.6. The lowest BCUT2D eigenvalue weighted by Gasteiger charge is -2.35. The number of likely N-dealkylation sites (N-methyl/N-ethyl adjacent to an activating group) is 1. The van der Waals surface area contributed by atoms with Gasteiger partial charge in [-0.1, -0.05) is 0 Å². The molecule has 1 N–H and O–H groups in total. The number of nitrogens with one attached hydrogen (secondary N) is 1. The highest BCUT2D eigenvalue weighted by molar-refractivity contribution is 5.77. The van der Waals surface area contributed by atoms with Gasteiger partial charge in [-0.2, -0.15) is 13.2 Å². The summed E-state index contributed by atoms with van der Waals surface area (Å²) in [6.07, 6.45) is -1.79. The van der Waals surface area contributed by atoms with Gasteiger partial charge in [0, 0.05) is 45.6 Å². The summed E-state index contributed by atoms with van der Waals surface area (Å²) in [4.78, 5) is 19.1. The Balaban J connectivity index is 1.71. The molecule has 0 bridgehead atoms. The van der Waals surface area contributed by atoms with E-state index in [1.165, 1.54) is 4.40 Å². The summed E-state index contributed by atoms with van der Waals surface area (Å²) >= 11 is 0. The Morgan fingerprint density at radius 1 is 1.21 bits per heavy atom. The molecule has 6 nitrogen and oxygen atoms in total. The number of aromatic nitrogens is 2. The van der Waals surface area contributed by atoms with Gasteiger partial charge in [0.2, 0.25) is 5.91 Å². The van der Waals surface area contributed by atoms with Crippen molar-refractivity contribution in [3.05, 3.63) is 30.2 Å². The van der Waals surface area contributed by atoms with Gasteiger partial charge < -0.3 is 14.6 Å². The third-order valence-electron chi connectivity index (χ3n) is 4.11. The molecule has 2 aromatic rings. The number of anilines is 1. The molecular formula is C15H18F3N5O. The minimum atomic E-state index is -4.45. The zero-order valence-electron chi connectivity index (χ0n) is 13.2. The van der Waals surface area contributed by atoms with Gasteiger partial charge in [-0.05, 0) is 12.1 Å². The van der Waals surface area contributed by atoms with Gasteiger partial charge in [0.05, 0.1) is 12.2 Å². The highest BCUT2D eigenvalue weighted by atomic mass is 19.4. The van der Waals surface area contributed by atoms with Gasteiger partial charge in [0.15, 0.2) is 5.69 Å². The molecule has 130 valence electrons. The quantitative estimate of drug-likeness (QED) is 0.912. The van der Waals surface area contributed by atoms with Crippen LogP contribution in [0.2, 0.25) is 0 Å². The second kappa shape index (κ2) is 6.31. The molecule has 0 radical (unpaired) electrons. The summed E-state index contributed by atoms with van der Waals surface area (Å²) in [6, 6.07) is 3.36. The summed E-state index contributed by atoms with van der Waals surface area (Å²) in [5.41, 5.74) is 0.215. The van der Waals surface area contributed by atoms with Crippen LogP contribution >= 0.6 is 0 Å². The van der Waals surface area contributed by atoms with E-state index in [2.05, 4.69) is 15.2 Å². The standard InChI is InChI=1S/C15H18F3N5O/c1-19-14(24)10-21-4-6-22(7-5-21)11-2-3-13-20-12(15(16,17)18)9-23(13)8-11/h2-3,8-9H,4-7,10H2,1H3,(H,19,24). The Morgan fingerprint density at radius 3 is 2.54 bits per heavy atom. The SMILES string of the molecule is CNC(=O)CN1CCN(c2ccc3nc(C(F)(F)F)cn3c2)CC1. The van der Waals surface area contributed by atoms with Crippen molar-refractivity contribution in [2.45, 2.75) is 6.18 Å². The molecule has 0 unspecified atom stereocenters. The summed E-state index contributed by atoms with van der Waals surface area (Å²) in [6.45, 7) is 3.23. The van der Waals surface area contributed by atoms with Crippen molar-refractivity contribution in [1.29, 1.82) is 0 Å². The first-order valence-corrected chi connectivity index (χ1v) is 7.60. The summed E-state index contributed by atoms with van der Waals surface area (Å²) in [5, 5.41) is 2.59. The van der Waals surface area contributed by atoms with Crippen LogP contribution in [0, 0.1) is 0 Å². The molecule has 0 spiro atoms. The summed E-state index contributed by atoms with van der Waals surface area (Å²) in [7, 11) is 1.61. The lowest BCUT2D eigenvalue weighted by Crippen LogP contribution is -2.49. The fourth-order valence-corrected chi connectivity index (χ4v) is 2.75. The Hall–Kier alpha value is -2.29. The third-order valence-corrected chi connectivity index (χ3v) is 4.11. The van der Waals surface area contributed by atoms with E-state index in [1.807, 2.05) is 4.90 Å². The number of nitrogens with zero attached hydrogens (tertiary/aromatic N) is 4. The molecular weight excluding hydrogens is 323 g/mol. The second-order valence-corrected chi connectivity index (χ2v) is 5.71. The van der Waals surface area contributed by atoms with E-state index in [9.17, 15) is 18.0 Å². The molecule has 1 aliphatic rings. The van der Waals surface area contributed by atoms with Crippen molar-refractivity contribution in [3.63, 3.8) is 0 Å². The molecule has 0 aliphatic carbocycles. The summed E-state index contributed by atoms with van der Waals surface area (Å²) < 4.78 is 39.6. The average Bonchev–Trinajstić information content (AvgIpc) is 2.99. The minimum absolute atomic E-state index is 0.0250. The molecule has 1 amide bonds. The number of imidazole rings is 1. The monoisotopic (exact) mass is 341 g/mol. The number of hydrogen-bond acceptors (Lipinski definition) is 4. The zero-order chi connectivity index (χ0) is 17.3. The Labute approximate surface area is 136 Å². The smallest absolute Gasteiger partial charge is 0.368 e. The number of fused-ring (bicyclic) bond motifs is 1. The maximum absolute atomic E-state index is 12.7. The van der Waals surface area contributed by atoms with Gasteiger partial charge in [-0.15, -0.1) is 0 Å². The molecule has 0 saturated carbocycles. The molecule has 0 atom stereocenters. The molecule has 2 aromatic heterocycles. The number of hydrogen-bond donors (Lipinski definition) is 1. The zero-order valence-corrected chi connectivity index (χ0v) is 13.2. The predicted octanol–water partition coefficient (Wildman–Crippen LogP) is 1.22. The first-order valence-electron chi connectivity index (χ1n) is 7.60. The van der Waals surface area contributed by atoms with Crippen molar-refractivity contribution >= 4 is 17.2 Å². The molecule has 3 rings (SSSR count). The first-order chi connectivity index (χ1) is 11.4.